The first-order chi connectivity index (χ1) is 10.7. The molecule has 1 aliphatic rings. The molecule has 0 unspecified atom stereocenters. The summed E-state index contributed by atoms with van der Waals surface area (Å²) < 4.78 is 0.813. The van der Waals surface area contributed by atoms with E-state index >= 15 is 0 Å². The monoisotopic (exact) mass is 359 g/mol. The molecule has 0 fully saturated rings. The smallest absolute Gasteiger partial charge is 0.252 e. The second-order valence-corrected chi connectivity index (χ2v) is 6.36. The van der Waals surface area contributed by atoms with Crippen LogP contribution in [0.4, 0.5) is 0 Å². The van der Waals surface area contributed by atoms with E-state index in [0.717, 1.165) is 30.5 Å². The predicted molar refractivity (Wildman–Crippen MR) is 89.7 cm³/mol. The van der Waals surface area contributed by atoms with Gasteiger partial charge in [-0.05, 0) is 39.5 Å². The van der Waals surface area contributed by atoms with Crippen molar-refractivity contribution in [3.8, 4) is 0 Å². The summed E-state index contributed by atoms with van der Waals surface area (Å²) in [4.78, 5) is 18.4. The summed E-state index contributed by atoms with van der Waals surface area (Å²) in [6, 6.07) is 10.4. The van der Waals surface area contributed by atoms with Gasteiger partial charge >= 0.3 is 0 Å². The highest BCUT2D eigenvalue weighted by molar-refractivity contribution is 9.10. The third-order valence-electron chi connectivity index (χ3n) is 3.89. The first kappa shape index (κ1) is 15.2. The average molecular weight is 360 g/mol. The van der Waals surface area contributed by atoms with Gasteiger partial charge in [0.15, 0.2) is 0 Å². The molecule has 0 bridgehead atoms. The number of amides is 1. The van der Waals surface area contributed by atoms with Gasteiger partial charge in [-0.1, -0.05) is 24.3 Å². The highest BCUT2D eigenvalue weighted by atomic mass is 79.9. The Morgan fingerprint density at radius 2 is 2.09 bits per heavy atom. The highest BCUT2D eigenvalue weighted by Crippen LogP contribution is 2.17. The number of hydrogen-bond acceptors (Lipinski definition) is 3. The Hall–Kier alpha value is -1.72. The SMILES string of the molecule is O=C(NCCN1CCc2ccccc2C1)c1cncc(Br)c1. The first-order valence-electron chi connectivity index (χ1n) is 7.40. The third kappa shape index (κ3) is 3.72. The minimum absolute atomic E-state index is 0.0776. The van der Waals surface area contributed by atoms with E-state index in [4.69, 9.17) is 0 Å². The molecule has 0 spiro atoms. The Morgan fingerprint density at radius 1 is 1.27 bits per heavy atom. The van der Waals surface area contributed by atoms with Gasteiger partial charge in [0, 0.05) is 43.0 Å². The topological polar surface area (TPSA) is 45.2 Å². The Bertz CT molecular complexity index is 674. The van der Waals surface area contributed by atoms with Crippen molar-refractivity contribution < 1.29 is 4.79 Å². The van der Waals surface area contributed by atoms with E-state index in [2.05, 4.69) is 55.4 Å². The van der Waals surface area contributed by atoms with Gasteiger partial charge in [-0.3, -0.25) is 14.7 Å². The van der Waals surface area contributed by atoms with Crippen molar-refractivity contribution in [1.29, 1.82) is 0 Å². The van der Waals surface area contributed by atoms with Crippen LogP contribution in [0.1, 0.15) is 21.5 Å². The molecule has 1 amide bonds. The number of fused-ring (bicyclic) bond motifs is 1. The summed E-state index contributed by atoms with van der Waals surface area (Å²) >= 11 is 3.33. The largest absolute Gasteiger partial charge is 0.351 e. The molecule has 0 aliphatic carbocycles. The van der Waals surface area contributed by atoms with Crippen LogP contribution in [0.5, 0.6) is 0 Å². The number of carbonyl (C=O) groups is 1. The van der Waals surface area contributed by atoms with Crippen molar-refractivity contribution in [2.24, 2.45) is 0 Å². The van der Waals surface area contributed by atoms with Crippen molar-refractivity contribution in [2.75, 3.05) is 19.6 Å². The van der Waals surface area contributed by atoms with Crippen LogP contribution in [-0.4, -0.2) is 35.4 Å². The summed E-state index contributed by atoms with van der Waals surface area (Å²) in [6.45, 7) is 3.52. The number of carbonyl (C=O) groups excluding carboxylic acids is 1. The van der Waals surface area contributed by atoms with Gasteiger partial charge in [0.1, 0.15) is 0 Å². The number of rotatable bonds is 4. The Kier molecular flexibility index (Phi) is 4.85. The fraction of sp³-hybridized carbons (Fsp3) is 0.294. The lowest BCUT2D eigenvalue weighted by atomic mass is 10.00. The minimum Gasteiger partial charge on any atom is -0.351 e. The average Bonchev–Trinajstić information content (AvgIpc) is 2.54. The summed E-state index contributed by atoms with van der Waals surface area (Å²) in [5, 5.41) is 2.96. The van der Waals surface area contributed by atoms with E-state index in [0.29, 0.717) is 12.1 Å². The van der Waals surface area contributed by atoms with Crippen molar-refractivity contribution in [3.05, 3.63) is 63.9 Å². The molecule has 1 aromatic carbocycles. The quantitative estimate of drug-likeness (QED) is 0.912. The molecule has 1 N–H and O–H groups in total. The molecule has 5 heteroatoms. The standard InChI is InChI=1S/C17H18BrN3O/c18-16-9-15(10-19-11-16)17(22)20-6-8-21-7-5-13-3-1-2-4-14(13)12-21/h1-4,9-11H,5-8,12H2,(H,20,22). The van der Waals surface area contributed by atoms with Crippen LogP contribution in [0, 0.1) is 0 Å². The molecule has 0 saturated carbocycles. The van der Waals surface area contributed by atoms with Crippen molar-refractivity contribution in [2.45, 2.75) is 13.0 Å². The van der Waals surface area contributed by atoms with Gasteiger partial charge in [-0.25, -0.2) is 0 Å². The maximum Gasteiger partial charge on any atom is 0.252 e. The molecule has 0 saturated heterocycles. The maximum atomic E-state index is 12.0. The number of pyridine rings is 1. The van der Waals surface area contributed by atoms with Crippen LogP contribution in [-0.2, 0) is 13.0 Å². The zero-order chi connectivity index (χ0) is 15.4. The van der Waals surface area contributed by atoms with Crippen LogP contribution in [0.15, 0.2) is 47.2 Å². The molecule has 1 aromatic heterocycles. The third-order valence-corrected chi connectivity index (χ3v) is 4.32. The number of aromatic nitrogens is 1. The Balaban J connectivity index is 1.49. The molecule has 2 aromatic rings. The second-order valence-electron chi connectivity index (χ2n) is 5.44. The fourth-order valence-corrected chi connectivity index (χ4v) is 3.08. The zero-order valence-electron chi connectivity index (χ0n) is 12.3. The Labute approximate surface area is 138 Å². The molecule has 2 heterocycles. The lowest BCUT2D eigenvalue weighted by molar-refractivity contribution is 0.0947. The minimum atomic E-state index is -0.0776. The summed E-state index contributed by atoms with van der Waals surface area (Å²) in [6.07, 6.45) is 4.33. The van der Waals surface area contributed by atoms with Crippen LogP contribution in [0.2, 0.25) is 0 Å². The molecule has 1 aliphatic heterocycles. The molecule has 4 nitrogen and oxygen atoms in total. The van der Waals surface area contributed by atoms with Gasteiger partial charge in [-0.2, -0.15) is 0 Å². The molecular formula is C17H18BrN3O. The highest BCUT2D eigenvalue weighted by Gasteiger charge is 2.15. The van der Waals surface area contributed by atoms with Crippen LogP contribution in [0.3, 0.4) is 0 Å². The van der Waals surface area contributed by atoms with Crippen molar-refractivity contribution in [3.63, 3.8) is 0 Å². The van der Waals surface area contributed by atoms with Gasteiger partial charge in [0.25, 0.3) is 5.91 Å². The number of halogens is 1. The van der Waals surface area contributed by atoms with E-state index in [1.807, 2.05) is 0 Å². The second kappa shape index (κ2) is 7.03. The lowest BCUT2D eigenvalue weighted by Gasteiger charge is -2.28. The number of nitrogens with zero attached hydrogens (tertiary/aromatic N) is 2. The molecule has 114 valence electrons. The van der Waals surface area contributed by atoms with Gasteiger partial charge in [0.05, 0.1) is 5.56 Å². The van der Waals surface area contributed by atoms with E-state index in [1.165, 1.54) is 11.1 Å². The molecule has 3 rings (SSSR count). The van der Waals surface area contributed by atoms with Crippen molar-refractivity contribution >= 4 is 21.8 Å². The normalized spacial score (nSPS) is 14.4. The van der Waals surface area contributed by atoms with Crippen LogP contribution < -0.4 is 5.32 Å². The lowest BCUT2D eigenvalue weighted by Crippen LogP contribution is -2.37. The first-order valence-corrected chi connectivity index (χ1v) is 8.19. The summed E-state index contributed by atoms with van der Waals surface area (Å²) in [5.74, 6) is -0.0776. The molecule has 0 radical (unpaired) electrons. The molecular weight excluding hydrogens is 342 g/mol. The van der Waals surface area contributed by atoms with Crippen LogP contribution in [0.25, 0.3) is 0 Å². The van der Waals surface area contributed by atoms with Crippen LogP contribution >= 0.6 is 15.9 Å². The van der Waals surface area contributed by atoms with Gasteiger partial charge in [0.2, 0.25) is 0 Å². The van der Waals surface area contributed by atoms with E-state index in [1.54, 1.807) is 18.5 Å². The summed E-state index contributed by atoms with van der Waals surface area (Å²) in [5.41, 5.74) is 3.43. The summed E-state index contributed by atoms with van der Waals surface area (Å²) in [7, 11) is 0. The van der Waals surface area contributed by atoms with E-state index < -0.39 is 0 Å². The zero-order valence-corrected chi connectivity index (χ0v) is 13.8. The number of benzene rings is 1. The van der Waals surface area contributed by atoms with Crippen molar-refractivity contribution in [1.82, 2.24) is 15.2 Å². The number of hydrogen-bond donors (Lipinski definition) is 1. The Morgan fingerprint density at radius 3 is 2.91 bits per heavy atom. The van der Waals surface area contributed by atoms with E-state index in [-0.39, 0.29) is 5.91 Å². The van der Waals surface area contributed by atoms with Gasteiger partial charge in [-0.15, -0.1) is 0 Å². The number of nitrogens with one attached hydrogen (secondary N) is 1. The fourth-order valence-electron chi connectivity index (χ4n) is 2.71. The van der Waals surface area contributed by atoms with E-state index in [9.17, 15) is 4.79 Å². The van der Waals surface area contributed by atoms with Gasteiger partial charge < -0.3 is 5.32 Å². The molecule has 22 heavy (non-hydrogen) atoms. The maximum absolute atomic E-state index is 12.0. The molecule has 0 atom stereocenters. The predicted octanol–water partition coefficient (Wildman–Crippen LogP) is 2.63.